The van der Waals surface area contributed by atoms with Gasteiger partial charge in [-0.05, 0) is 12.1 Å². The third kappa shape index (κ3) is 4.52. The molecule has 104 valence electrons. The van der Waals surface area contributed by atoms with Crippen molar-refractivity contribution in [3.8, 4) is 0 Å². The van der Waals surface area contributed by atoms with E-state index in [9.17, 15) is 23.3 Å². The number of nitrogen functional groups attached to an aromatic ring is 1. The summed E-state index contributed by atoms with van der Waals surface area (Å²) in [5, 5.41) is 17.7. The van der Waals surface area contributed by atoms with Crippen molar-refractivity contribution in [1.82, 2.24) is 5.32 Å². The summed E-state index contributed by atoms with van der Waals surface area (Å²) in [5.41, 5.74) is 4.98. The summed E-state index contributed by atoms with van der Waals surface area (Å²) in [6.45, 7) is -0.246. The van der Waals surface area contributed by atoms with Gasteiger partial charge in [0.15, 0.2) is 0 Å². The normalized spacial score (nSPS) is 11.0. The second-order valence-electron chi connectivity index (χ2n) is 3.66. The van der Waals surface area contributed by atoms with Crippen LogP contribution in [0.2, 0.25) is 0 Å². The minimum atomic E-state index is -3.71. The molecule has 10 heteroatoms. The quantitative estimate of drug-likeness (QED) is 0.365. The lowest BCUT2D eigenvalue weighted by molar-refractivity contribution is -0.385. The Morgan fingerprint density at radius 3 is 2.58 bits per heavy atom. The summed E-state index contributed by atoms with van der Waals surface area (Å²) < 4.78 is 21.4. The zero-order valence-corrected chi connectivity index (χ0v) is 10.5. The number of hydrogen-bond donors (Lipinski definition) is 3. The minimum absolute atomic E-state index is 0.183. The number of nitro benzene ring substituents is 1. The zero-order valence-electron chi connectivity index (χ0n) is 9.70. The lowest BCUT2D eigenvalue weighted by atomic mass is 10.1. The number of sulfonamides is 1. The van der Waals surface area contributed by atoms with Crippen LogP contribution in [0.3, 0.4) is 0 Å². The fourth-order valence-electron chi connectivity index (χ4n) is 1.30. The van der Waals surface area contributed by atoms with Gasteiger partial charge < -0.3 is 11.1 Å². The van der Waals surface area contributed by atoms with E-state index in [4.69, 9.17) is 10.9 Å². The lowest BCUT2D eigenvalue weighted by Gasteiger charge is -2.05. The van der Waals surface area contributed by atoms with Crippen molar-refractivity contribution in [1.29, 1.82) is 0 Å². The third-order valence-electron chi connectivity index (χ3n) is 2.13. The number of nitro groups is 1. The molecule has 19 heavy (non-hydrogen) atoms. The molecule has 0 saturated carbocycles. The maximum absolute atomic E-state index is 11.7. The highest BCUT2D eigenvalue weighted by atomic mass is 32.2. The number of nitrogens with two attached hydrogens (primary N) is 2. The molecule has 0 saturated heterocycles. The van der Waals surface area contributed by atoms with Gasteiger partial charge in [-0.1, -0.05) is 0 Å². The first-order chi connectivity index (χ1) is 8.70. The summed E-state index contributed by atoms with van der Waals surface area (Å²) >= 11 is 0. The van der Waals surface area contributed by atoms with Crippen molar-refractivity contribution in [3.05, 3.63) is 33.9 Å². The Balaban J connectivity index is 2.87. The van der Waals surface area contributed by atoms with Crippen LogP contribution in [0.4, 0.5) is 11.4 Å². The van der Waals surface area contributed by atoms with Crippen molar-refractivity contribution in [3.63, 3.8) is 0 Å². The van der Waals surface area contributed by atoms with E-state index >= 15 is 0 Å². The minimum Gasteiger partial charge on any atom is -0.399 e. The van der Waals surface area contributed by atoms with E-state index in [1.54, 1.807) is 0 Å². The van der Waals surface area contributed by atoms with Crippen molar-refractivity contribution >= 4 is 27.3 Å². The number of carbonyl (C=O) groups is 1. The van der Waals surface area contributed by atoms with Crippen LogP contribution < -0.4 is 16.2 Å². The maximum Gasteiger partial charge on any atom is 0.282 e. The SMILES string of the molecule is Nc1ccc([N+](=O)[O-])c(C(=O)NCCS(N)(=O)=O)c1. The average Bonchev–Trinajstić information content (AvgIpc) is 2.26. The smallest absolute Gasteiger partial charge is 0.282 e. The van der Waals surface area contributed by atoms with Gasteiger partial charge in [0.05, 0.1) is 10.7 Å². The van der Waals surface area contributed by atoms with Crippen molar-refractivity contribution < 1.29 is 18.1 Å². The van der Waals surface area contributed by atoms with Crippen LogP contribution in [0, 0.1) is 10.1 Å². The van der Waals surface area contributed by atoms with E-state index in [0.717, 1.165) is 12.1 Å². The van der Waals surface area contributed by atoms with Gasteiger partial charge in [-0.15, -0.1) is 0 Å². The van der Waals surface area contributed by atoms with Crippen LogP contribution in [0.15, 0.2) is 18.2 Å². The van der Waals surface area contributed by atoms with Gasteiger partial charge in [0.2, 0.25) is 10.0 Å². The Bertz CT molecular complexity index is 613. The summed E-state index contributed by atoms with van der Waals surface area (Å²) in [6, 6.07) is 3.54. The number of primary sulfonamides is 1. The highest BCUT2D eigenvalue weighted by Gasteiger charge is 2.20. The van der Waals surface area contributed by atoms with Crippen LogP contribution in [0.25, 0.3) is 0 Å². The Labute approximate surface area is 108 Å². The molecular formula is C9H12N4O5S. The Kier molecular flexibility index (Phi) is 4.40. The molecular weight excluding hydrogens is 276 g/mol. The van der Waals surface area contributed by atoms with Crippen molar-refractivity contribution in [2.24, 2.45) is 5.14 Å². The number of hydrogen-bond acceptors (Lipinski definition) is 6. The summed E-state index contributed by atoms with van der Waals surface area (Å²) in [4.78, 5) is 21.7. The molecule has 0 aromatic heterocycles. The standard InChI is InChI=1S/C9H12N4O5S/c10-6-1-2-8(13(15)16)7(5-6)9(14)12-3-4-19(11,17)18/h1-2,5H,3-4,10H2,(H,12,14)(H2,11,17,18). The fraction of sp³-hybridized carbons (Fsp3) is 0.222. The van der Waals surface area contributed by atoms with E-state index in [2.05, 4.69) is 5.32 Å². The largest absolute Gasteiger partial charge is 0.399 e. The molecule has 1 rings (SSSR count). The van der Waals surface area contributed by atoms with Gasteiger partial charge in [-0.3, -0.25) is 14.9 Å². The van der Waals surface area contributed by atoms with Gasteiger partial charge in [-0.25, -0.2) is 13.6 Å². The Hall–Kier alpha value is -2.20. The number of rotatable bonds is 5. The average molecular weight is 288 g/mol. The van der Waals surface area contributed by atoms with Crippen LogP contribution in [-0.2, 0) is 10.0 Å². The van der Waals surface area contributed by atoms with Gasteiger partial charge >= 0.3 is 0 Å². The van der Waals surface area contributed by atoms with E-state index in [1.807, 2.05) is 0 Å². The van der Waals surface area contributed by atoms with E-state index in [0.29, 0.717) is 0 Å². The lowest BCUT2D eigenvalue weighted by Crippen LogP contribution is -2.31. The van der Waals surface area contributed by atoms with Gasteiger partial charge in [-0.2, -0.15) is 0 Å². The summed E-state index contributed by atoms with van der Waals surface area (Å²) in [7, 11) is -3.71. The summed E-state index contributed by atoms with van der Waals surface area (Å²) in [6.07, 6.45) is 0. The monoisotopic (exact) mass is 288 g/mol. The molecule has 1 amide bonds. The van der Waals surface area contributed by atoms with Crippen molar-refractivity contribution in [2.45, 2.75) is 0 Å². The molecule has 0 bridgehead atoms. The van der Waals surface area contributed by atoms with Crippen LogP contribution in [0.1, 0.15) is 10.4 Å². The van der Waals surface area contributed by atoms with Crippen LogP contribution >= 0.6 is 0 Å². The molecule has 0 heterocycles. The predicted octanol–water partition coefficient (Wildman–Crippen LogP) is -0.805. The highest BCUT2D eigenvalue weighted by molar-refractivity contribution is 7.89. The number of carbonyl (C=O) groups excluding carboxylic acids is 1. The van der Waals surface area contributed by atoms with E-state index < -0.39 is 32.3 Å². The maximum atomic E-state index is 11.7. The molecule has 0 spiro atoms. The predicted molar refractivity (Wildman–Crippen MR) is 67.8 cm³/mol. The first kappa shape index (κ1) is 14.9. The Morgan fingerprint density at radius 1 is 1.42 bits per heavy atom. The number of anilines is 1. The number of benzene rings is 1. The second-order valence-corrected chi connectivity index (χ2v) is 5.39. The first-order valence-electron chi connectivity index (χ1n) is 5.03. The molecule has 1 aromatic rings. The van der Waals surface area contributed by atoms with Gasteiger partial charge in [0, 0.05) is 18.3 Å². The van der Waals surface area contributed by atoms with Crippen LogP contribution in [0.5, 0.6) is 0 Å². The topological polar surface area (TPSA) is 158 Å². The fourth-order valence-corrected chi connectivity index (χ4v) is 1.68. The molecule has 0 aliphatic carbocycles. The number of amides is 1. The number of nitrogens with zero attached hydrogens (tertiary/aromatic N) is 1. The highest BCUT2D eigenvalue weighted by Crippen LogP contribution is 2.20. The van der Waals surface area contributed by atoms with Gasteiger partial charge in [0.25, 0.3) is 11.6 Å². The molecule has 0 aliphatic heterocycles. The summed E-state index contributed by atoms with van der Waals surface area (Å²) in [5.74, 6) is -1.25. The van der Waals surface area contributed by atoms with E-state index in [1.165, 1.54) is 6.07 Å². The molecule has 0 unspecified atom stereocenters. The molecule has 1 aromatic carbocycles. The zero-order chi connectivity index (χ0) is 14.6. The molecule has 0 atom stereocenters. The first-order valence-corrected chi connectivity index (χ1v) is 6.75. The van der Waals surface area contributed by atoms with E-state index in [-0.39, 0.29) is 17.8 Å². The second kappa shape index (κ2) is 5.63. The van der Waals surface area contributed by atoms with Gasteiger partial charge in [0.1, 0.15) is 5.56 Å². The molecule has 0 fully saturated rings. The number of nitrogens with one attached hydrogen (secondary N) is 1. The van der Waals surface area contributed by atoms with Crippen molar-refractivity contribution in [2.75, 3.05) is 18.0 Å². The third-order valence-corrected chi connectivity index (χ3v) is 2.91. The molecule has 9 nitrogen and oxygen atoms in total. The molecule has 0 radical (unpaired) electrons. The Morgan fingerprint density at radius 2 is 2.05 bits per heavy atom. The molecule has 0 aliphatic rings. The molecule has 5 N–H and O–H groups in total. The van der Waals surface area contributed by atoms with Crippen LogP contribution in [-0.4, -0.2) is 31.5 Å².